The molecule has 0 rings (SSSR count). The van der Waals surface area contributed by atoms with Gasteiger partial charge in [-0.3, -0.25) is 0 Å². The van der Waals surface area contributed by atoms with E-state index in [4.69, 9.17) is 5.73 Å². The Morgan fingerprint density at radius 2 is 1.86 bits per heavy atom. The second-order valence-electron chi connectivity index (χ2n) is 3.79. The lowest BCUT2D eigenvalue weighted by Gasteiger charge is -2.17. The standard InChI is InChI=1S/C9H19F3N2/c1-8(13)4-3-6-14(2)7-5-9(10,11)12/h8H,3-7,13H2,1-2H3. The van der Waals surface area contributed by atoms with E-state index in [0.29, 0.717) is 6.54 Å². The highest BCUT2D eigenvalue weighted by Crippen LogP contribution is 2.19. The van der Waals surface area contributed by atoms with E-state index >= 15 is 0 Å². The number of nitrogens with two attached hydrogens (primary N) is 1. The van der Waals surface area contributed by atoms with Crippen molar-refractivity contribution in [3.8, 4) is 0 Å². The molecule has 86 valence electrons. The summed E-state index contributed by atoms with van der Waals surface area (Å²) in [5.41, 5.74) is 5.52. The summed E-state index contributed by atoms with van der Waals surface area (Å²) in [6.45, 7) is 2.65. The molecule has 2 nitrogen and oxygen atoms in total. The van der Waals surface area contributed by atoms with Crippen LogP contribution in [0.5, 0.6) is 0 Å². The molecule has 0 aliphatic heterocycles. The molecule has 0 saturated heterocycles. The number of hydrogen-bond donors (Lipinski definition) is 1. The monoisotopic (exact) mass is 212 g/mol. The first kappa shape index (κ1) is 13.7. The van der Waals surface area contributed by atoms with Crippen LogP contribution < -0.4 is 5.73 Å². The van der Waals surface area contributed by atoms with Crippen LogP contribution in [0.4, 0.5) is 13.2 Å². The maximum absolute atomic E-state index is 11.8. The van der Waals surface area contributed by atoms with Crippen molar-refractivity contribution in [3.63, 3.8) is 0 Å². The van der Waals surface area contributed by atoms with Gasteiger partial charge in [-0.2, -0.15) is 13.2 Å². The molecule has 0 radical (unpaired) electrons. The first-order valence-electron chi connectivity index (χ1n) is 4.82. The van der Waals surface area contributed by atoms with E-state index in [1.54, 1.807) is 11.9 Å². The predicted molar refractivity (Wildman–Crippen MR) is 51.1 cm³/mol. The van der Waals surface area contributed by atoms with Gasteiger partial charge in [0.1, 0.15) is 0 Å². The molecule has 0 aliphatic carbocycles. The van der Waals surface area contributed by atoms with Crippen LogP contribution >= 0.6 is 0 Å². The van der Waals surface area contributed by atoms with E-state index in [-0.39, 0.29) is 12.6 Å². The van der Waals surface area contributed by atoms with Gasteiger partial charge in [-0.05, 0) is 33.4 Å². The predicted octanol–water partition coefficient (Wildman–Crippen LogP) is 2.00. The van der Waals surface area contributed by atoms with Crippen LogP contribution in [-0.2, 0) is 0 Å². The molecule has 0 aromatic heterocycles. The smallest absolute Gasteiger partial charge is 0.328 e. The summed E-state index contributed by atoms with van der Waals surface area (Å²) in [6, 6.07) is 0.131. The van der Waals surface area contributed by atoms with Crippen molar-refractivity contribution in [3.05, 3.63) is 0 Å². The molecule has 0 aromatic rings. The molecular weight excluding hydrogens is 193 g/mol. The fourth-order valence-electron chi connectivity index (χ4n) is 1.11. The summed E-state index contributed by atoms with van der Waals surface area (Å²) >= 11 is 0. The fraction of sp³-hybridized carbons (Fsp3) is 1.00. The maximum Gasteiger partial charge on any atom is 0.390 e. The topological polar surface area (TPSA) is 29.3 Å². The summed E-state index contributed by atoms with van der Waals surface area (Å²) in [5.74, 6) is 0. The molecule has 0 bridgehead atoms. The zero-order valence-electron chi connectivity index (χ0n) is 8.77. The number of alkyl halides is 3. The van der Waals surface area contributed by atoms with Crippen LogP contribution in [0.2, 0.25) is 0 Å². The lowest BCUT2D eigenvalue weighted by atomic mass is 10.2. The third kappa shape index (κ3) is 9.80. The van der Waals surface area contributed by atoms with Crippen LogP contribution in [0.1, 0.15) is 26.2 Å². The molecule has 1 atom stereocenters. The maximum atomic E-state index is 11.8. The zero-order chi connectivity index (χ0) is 11.2. The lowest BCUT2D eigenvalue weighted by Crippen LogP contribution is -2.26. The first-order chi connectivity index (χ1) is 6.31. The SMILES string of the molecule is CC(N)CCCN(C)CCC(F)(F)F. The van der Waals surface area contributed by atoms with Gasteiger partial charge in [-0.15, -0.1) is 0 Å². The summed E-state index contributed by atoms with van der Waals surface area (Å²) in [6.07, 6.45) is -3.07. The van der Waals surface area contributed by atoms with Gasteiger partial charge in [0.15, 0.2) is 0 Å². The summed E-state index contributed by atoms with van der Waals surface area (Å²) in [7, 11) is 1.70. The molecule has 5 heteroatoms. The second-order valence-corrected chi connectivity index (χ2v) is 3.79. The zero-order valence-corrected chi connectivity index (χ0v) is 8.77. The number of halogens is 3. The third-order valence-electron chi connectivity index (χ3n) is 1.98. The molecule has 0 aromatic carbocycles. The highest BCUT2D eigenvalue weighted by atomic mass is 19.4. The van der Waals surface area contributed by atoms with Gasteiger partial charge in [-0.1, -0.05) is 0 Å². The molecule has 0 saturated carbocycles. The summed E-state index contributed by atoms with van der Waals surface area (Å²) in [4.78, 5) is 1.69. The highest BCUT2D eigenvalue weighted by molar-refractivity contribution is 4.59. The normalized spacial score (nSPS) is 14.8. The van der Waals surface area contributed by atoms with Crippen LogP contribution in [0, 0.1) is 0 Å². The number of nitrogens with zero attached hydrogens (tertiary/aromatic N) is 1. The van der Waals surface area contributed by atoms with Gasteiger partial charge in [0.2, 0.25) is 0 Å². The minimum absolute atomic E-state index is 0.0719. The molecule has 14 heavy (non-hydrogen) atoms. The number of rotatable bonds is 6. The van der Waals surface area contributed by atoms with Gasteiger partial charge >= 0.3 is 6.18 Å². The van der Waals surface area contributed by atoms with Crippen molar-refractivity contribution in [2.75, 3.05) is 20.1 Å². The van der Waals surface area contributed by atoms with Crippen LogP contribution in [0.3, 0.4) is 0 Å². The Balaban J connectivity index is 3.42. The van der Waals surface area contributed by atoms with Crippen LogP contribution in [0.15, 0.2) is 0 Å². The average Bonchev–Trinajstić information content (AvgIpc) is 1.99. The van der Waals surface area contributed by atoms with Crippen molar-refractivity contribution < 1.29 is 13.2 Å². The van der Waals surface area contributed by atoms with Crippen molar-refractivity contribution in [2.45, 2.75) is 38.4 Å². The van der Waals surface area contributed by atoms with Crippen LogP contribution in [0.25, 0.3) is 0 Å². The van der Waals surface area contributed by atoms with E-state index in [9.17, 15) is 13.2 Å². The van der Waals surface area contributed by atoms with Crippen molar-refractivity contribution in [1.29, 1.82) is 0 Å². The Morgan fingerprint density at radius 1 is 1.29 bits per heavy atom. The Hall–Kier alpha value is -0.290. The second kappa shape index (κ2) is 6.24. The molecule has 0 fully saturated rings. The third-order valence-corrected chi connectivity index (χ3v) is 1.98. The minimum atomic E-state index is -4.05. The molecular formula is C9H19F3N2. The van der Waals surface area contributed by atoms with Crippen molar-refractivity contribution in [2.24, 2.45) is 5.73 Å². The van der Waals surface area contributed by atoms with Gasteiger partial charge in [-0.25, -0.2) is 0 Å². The van der Waals surface area contributed by atoms with E-state index in [1.807, 2.05) is 6.92 Å². The van der Waals surface area contributed by atoms with E-state index in [1.165, 1.54) is 0 Å². The molecule has 0 spiro atoms. The first-order valence-corrected chi connectivity index (χ1v) is 4.82. The molecule has 0 aliphatic rings. The summed E-state index contributed by atoms with van der Waals surface area (Å²) in [5, 5.41) is 0. The Bertz CT molecular complexity index is 145. The fourth-order valence-corrected chi connectivity index (χ4v) is 1.11. The molecule has 0 amide bonds. The lowest BCUT2D eigenvalue weighted by molar-refractivity contribution is -0.137. The van der Waals surface area contributed by atoms with E-state index in [0.717, 1.165) is 12.8 Å². The average molecular weight is 212 g/mol. The van der Waals surface area contributed by atoms with E-state index < -0.39 is 12.6 Å². The van der Waals surface area contributed by atoms with Gasteiger partial charge < -0.3 is 10.6 Å². The largest absolute Gasteiger partial charge is 0.390 e. The van der Waals surface area contributed by atoms with Gasteiger partial charge in [0.05, 0.1) is 6.42 Å². The minimum Gasteiger partial charge on any atom is -0.328 e. The van der Waals surface area contributed by atoms with Gasteiger partial charge in [0.25, 0.3) is 0 Å². The molecule has 0 heterocycles. The number of hydrogen-bond acceptors (Lipinski definition) is 2. The highest BCUT2D eigenvalue weighted by Gasteiger charge is 2.26. The Kier molecular flexibility index (Phi) is 6.11. The Labute approximate surface area is 83.3 Å². The quantitative estimate of drug-likeness (QED) is 0.729. The van der Waals surface area contributed by atoms with E-state index in [2.05, 4.69) is 0 Å². The van der Waals surface area contributed by atoms with Gasteiger partial charge in [0, 0.05) is 12.6 Å². The molecule has 2 N–H and O–H groups in total. The molecule has 1 unspecified atom stereocenters. The van der Waals surface area contributed by atoms with Crippen molar-refractivity contribution >= 4 is 0 Å². The van der Waals surface area contributed by atoms with Crippen LogP contribution in [-0.4, -0.2) is 37.3 Å². The summed E-state index contributed by atoms with van der Waals surface area (Å²) < 4.78 is 35.5. The Morgan fingerprint density at radius 3 is 2.29 bits per heavy atom. The van der Waals surface area contributed by atoms with Crippen molar-refractivity contribution in [1.82, 2.24) is 4.90 Å².